The van der Waals surface area contributed by atoms with E-state index in [-0.39, 0.29) is 0 Å². The molecule has 0 saturated carbocycles. The molecule has 0 atom stereocenters. The number of benzene rings is 1. The first-order valence-corrected chi connectivity index (χ1v) is 5.62. The first kappa shape index (κ1) is 10.6. The SMILES string of the molecule is c1cnc2ccc(OCCc3nn[nH]n3)cc2c1. The molecule has 0 aliphatic carbocycles. The molecule has 6 nitrogen and oxygen atoms in total. The van der Waals surface area contributed by atoms with Gasteiger partial charge in [0, 0.05) is 18.0 Å². The molecular formula is C12H11N5O. The van der Waals surface area contributed by atoms with Crippen molar-refractivity contribution in [1.82, 2.24) is 25.6 Å². The predicted octanol–water partition coefficient (Wildman–Crippen LogP) is 1.37. The summed E-state index contributed by atoms with van der Waals surface area (Å²) in [6, 6.07) is 9.74. The zero-order valence-electron chi connectivity index (χ0n) is 9.58. The Kier molecular flexibility index (Phi) is 2.83. The molecule has 3 rings (SSSR count). The molecule has 0 unspecified atom stereocenters. The van der Waals surface area contributed by atoms with E-state index in [2.05, 4.69) is 25.6 Å². The summed E-state index contributed by atoms with van der Waals surface area (Å²) in [7, 11) is 0. The number of fused-ring (bicyclic) bond motifs is 1. The van der Waals surface area contributed by atoms with Crippen LogP contribution in [0.15, 0.2) is 36.5 Å². The van der Waals surface area contributed by atoms with Gasteiger partial charge in [-0.3, -0.25) is 4.98 Å². The van der Waals surface area contributed by atoms with Crippen LogP contribution in [-0.2, 0) is 6.42 Å². The molecule has 2 heterocycles. The second kappa shape index (κ2) is 4.79. The third-order valence-electron chi connectivity index (χ3n) is 2.56. The number of tetrazole rings is 1. The van der Waals surface area contributed by atoms with Crippen molar-refractivity contribution in [2.45, 2.75) is 6.42 Å². The van der Waals surface area contributed by atoms with Crippen LogP contribution in [-0.4, -0.2) is 32.2 Å². The molecule has 0 spiro atoms. The van der Waals surface area contributed by atoms with Crippen LogP contribution in [0.2, 0.25) is 0 Å². The molecule has 90 valence electrons. The summed E-state index contributed by atoms with van der Waals surface area (Å²) in [5.41, 5.74) is 0.961. The maximum atomic E-state index is 5.64. The second-order valence-electron chi connectivity index (χ2n) is 3.78. The third-order valence-corrected chi connectivity index (χ3v) is 2.56. The van der Waals surface area contributed by atoms with E-state index < -0.39 is 0 Å². The summed E-state index contributed by atoms with van der Waals surface area (Å²) in [6.07, 6.45) is 2.40. The number of nitrogens with zero attached hydrogens (tertiary/aromatic N) is 4. The number of nitrogens with one attached hydrogen (secondary N) is 1. The highest BCUT2D eigenvalue weighted by atomic mass is 16.5. The molecule has 0 saturated heterocycles. The summed E-state index contributed by atoms with van der Waals surface area (Å²) < 4.78 is 5.64. The van der Waals surface area contributed by atoms with Crippen LogP contribution in [0.1, 0.15) is 5.82 Å². The van der Waals surface area contributed by atoms with Crippen LogP contribution in [0.4, 0.5) is 0 Å². The van der Waals surface area contributed by atoms with Crippen LogP contribution in [0, 0.1) is 0 Å². The number of rotatable bonds is 4. The van der Waals surface area contributed by atoms with Crippen LogP contribution in [0.5, 0.6) is 5.75 Å². The molecule has 3 aromatic rings. The van der Waals surface area contributed by atoms with Gasteiger partial charge < -0.3 is 4.74 Å². The molecular weight excluding hydrogens is 230 g/mol. The number of hydrogen-bond donors (Lipinski definition) is 1. The van der Waals surface area contributed by atoms with Crippen molar-refractivity contribution in [3.05, 3.63) is 42.4 Å². The lowest BCUT2D eigenvalue weighted by atomic mass is 10.2. The zero-order valence-corrected chi connectivity index (χ0v) is 9.58. The summed E-state index contributed by atoms with van der Waals surface area (Å²) >= 11 is 0. The van der Waals surface area contributed by atoms with Gasteiger partial charge >= 0.3 is 0 Å². The van der Waals surface area contributed by atoms with Gasteiger partial charge in [0.25, 0.3) is 0 Å². The Morgan fingerprint density at radius 2 is 2.22 bits per heavy atom. The molecule has 0 aliphatic heterocycles. The molecule has 18 heavy (non-hydrogen) atoms. The Bertz CT molecular complexity index is 638. The monoisotopic (exact) mass is 241 g/mol. The highest BCUT2D eigenvalue weighted by Gasteiger charge is 2.00. The lowest BCUT2D eigenvalue weighted by Crippen LogP contribution is -2.02. The number of H-pyrrole nitrogens is 1. The van der Waals surface area contributed by atoms with Gasteiger partial charge in [0.1, 0.15) is 5.75 Å². The van der Waals surface area contributed by atoms with Crippen molar-refractivity contribution in [1.29, 1.82) is 0 Å². The third kappa shape index (κ3) is 2.27. The number of ether oxygens (including phenoxy) is 1. The molecule has 1 aromatic carbocycles. The van der Waals surface area contributed by atoms with Gasteiger partial charge in [0.05, 0.1) is 12.1 Å². The molecule has 1 N–H and O–H groups in total. The van der Waals surface area contributed by atoms with Crippen LogP contribution >= 0.6 is 0 Å². The summed E-state index contributed by atoms with van der Waals surface area (Å²) in [6.45, 7) is 0.519. The van der Waals surface area contributed by atoms with E-state index in [1.807, 2.05) is 30.3 Å². The first-order chi connectivity index (χ1) is 8.92. The highest BCUT2D eigenvalue weighted by Crippen LogP contribution is 2.18. The van der Waals surface area contributed by atoms with Gasteiger partial charge in [-0.2, -0.15) is 5.21 Å². The quantitative estimate of drug-likeness (QED) is 0.746. The van der Waals surface area contributed by atoms with Crippen molar-refractivity contribution in [2.24, 2.45) is 0 Å². The van der Waals surface area contributed by atoms with Gasteiger partial charge in [-0.05, 0) is 24.3 Å². The van der Waals surface area contributed by atoms with E-state index in [1.54, 1.807) is 6.20 Å². The Balaban J connectivity index is 1.67. The van der Waals surface area contributed by atoms with Crippen molar-refractivity contribution in [2.75, 3.05) is 6.61 Å². The normalized spacial score (nSPS) is 10.7. The van der Waals surface area contributed by atoms with Crippen LogP contribution in [0.3, 0.4) is 0 Å². The summed E-state index contributed by atoms with van der Waals surface area (Å²) in [4.78, 5) is 4.26. The summed E-state index contributed by atoms with van der Waals surface area (Å²) in [5, 5.41) is 14.7. The Morgan fingerprint density at radius 1 is 1.22 bits per heavy atom. The number of hydrogen-bond acceptors (Lipinski definition) is 5. The number of pyridine rings is 1. The standard InChI is InChI=1S/C12H11N5O/c1-2-9-8-10(3-4-11(9)13-6-1)18-7-5-12-14-16-17-15-12/h1-4,6,8H,5,7H2,(H,14,15,16,17). The van der Waals surface area contributed by atoms with E-state index in [0.29, 0.717) is 18.9 Å². The molecule has 0 bridgehead atoms. The minimum Gasteiger partial charge on any atom is -0.493 e. The second-order valence-corrected chi connectivity index (χ2v) is 3.78. The zero-order chi connectivity index (χ0) is 12.2. The lowest BCUT2D eigenvalue weighted by Gasteiger charge is -2.05. The first-order valence-electron chi connectivity index (χ1n) is 5.62. The fraction of sp³-hybridized carbons (Fsp3) is 0.167. The van der Waals surface area contributed by atoms with Gasteiger partial charge in [0.2, 0.25) is 0 Å². The molecule has 0 radical (unpaired) electrons. The smallest absolute Gasteiger partial charge is 0.177 e. The predicted molar refractivity (Wildman–Crippen MR) is 65.1 cm³/mol. The van der Waals surface area contributed by atoms with E-state index in [9.17, 15) is 0 Å². The van der Waals surface area contributed by atoms with E-state index in [0.717, 1.165) is 16.7 Å². The Hall–Kier alpha value is -2.50. The van der Waals surface area contributed by atoms with Gasteiger partial charge in [0.15, 0.2) is 5.82 Å². The van der Waals surface area contributed by atoms with E-state index >= 15 is 0 Å². The Morgan fingerprint density at radius 3 is 3.11 bits per heavy atom. The molecule has 0 amide bonds. The number of aromatic nitrogens is 5. The highest BCUT2D eigenvalue weighted by molar-refractivity contribution is 5.79. The van der Waals surface area contributed by atoms with Crippen LogP contribution in [0.25, 0.3) is 10.9 Å². The lowest BCUT2D eigenvalue weighted by molar-refractivity contribution is 0.319. The topological polar surface area (TPSA) is 76.6 Å². The van der Waals surface area contributed by atoms with Crippen molar-refractivity contribution >= 4 is 10.9 Å². The maximum Gasteiger partial charge on any atom is 0.177 e. The van der Waals surface area contributed by atoms with E-state index in [4.69, 9.17) is 4.74 Å². The number of aromatic amines is 1. The fourth-order valence-corrected chi connectivity index (χ4v) is 1.69. The fourth-order valence-electron chi connectivity index (χ4n) is 1.69. The molecule has 6 heteroatoms. The van der Waals surface area contributed by atoms with Gasteiger partial charge in [-0.1, -0.05) is 11.3 Å². The molecule has 0 fully saturated rings. The maximum absolute atomic E-state index is 5.64. The van der Waals surface area contributed by atoms with Crippen molar-refractivity contribution in [3.63, 3.8) is 0 Å². The molecule has 0 aliphatic rings. The average Bonchev–Trinajstić information content (AvgIpc) is 2.92. The Labute approximate surface area is 103 Å². The largest absolute Gasteiger partial charge is 0.493 e. The minimum absolute atomic E-state index is 0.519. The van der Waals surface area contributed by atoms with Crippen molar-refractivity contribution in [3.8, 4) is 5.75 Å². The minimum atomic E-state index is 0.519. The van der Waals surface area contributed by atoms with E-state index in [1.165, 1.54) is 0 Å². The summed E-state index contributed by atoms with van der Waals surface area (Å²) in [5.74, 6) is 1.47. The van der Waals surface area contributed by atoms with Crippen molar-refractivity contribution < 1.29 is 4.74 Å². The van der Waals surface area contributed by atoms with Crippen LogP contribution < -0.4 is 4.74 Å². The average molecular weight is 241 g/mol. The van der Waals surface area contributed by atoms with Gasteiger partial charge in [-0.15, -0.1) is 10.2 Å². The van der Waals surface area contributed by atoms with Gasteiger partial charge in [-0.25, -0.2) is 0 Å². The molecule has 2 aromatic heterocycles.